The monoisotopic (exact) mass is 1060 g/mol. The summed E-state index contributed by atoms with van der Waals surface area (Å²) >= 11 is 1.79. The molecule has 0 aliphatic heterocycles. The number of hydrogen-bond donors (Lipinski definition) is 0. The number of hydrogen-bond acceptors (Lipinski definition) is 12. The predicted octanol–water partition coefficient (Wildman–Crippen LogP) is 15.3. The van der Waals surface area contributed by atoms with Gasteiger partial charge in [-0.15, -0.1) is 11.3 Å². The number of rotatable bonds is 9. The second-order valence-corrected chi connectivity index (χ2v) is 20.5. The van der Waals surface area contributed by atoms with Crippen LogP contribution in [-0.2, 0) is 0 Å². The number of fused-ring (bicyclic) bond motifs is 10. The zero-order chi connectivity index (χ0) is 53.4. The van der Waals surface area contributed by atoms with Crippen molar-refractivity contribution in [3.05, 3.63) is 237 Å². The van der Waals surface area contributed by atoms with E-state index in [4.69, 9.17) is 54.8 Å². The summed E-state index contributed by atoms with van der Waals surface area (Å²) < 4.78 is 6.76. The zero-order valence-corrected chi connectivity index (χ0v) is 43.6. The third kappa shape index (κ3) is 7.80. The fraction of sp³-hybridized carbons (Fsp3) is 0. The van der Waals surface area contributed by atoms with Crippen LogP contribution in [0.5, 0.6) is 0 Å². The highest BCUT2D eigenvalue weighted by molar-refractivity contribution is 7.25. The van der Waals surface area contributed by atoms with Crippen molar-refractivity contribution in [2.24, 2.45) is 0 Å². The van der Waals surface area contributed by atoms with E-state index in [0.717, 1.165) is 77.1 Å². The lowest BCUT2D eigenvalue weighted by Crippen LogP contribution is -2.10. The number of aromatic nitrogens is 13. The number of benzene rings is 9. The first-order valence-corrected chi connectivity index (χ1v) is 27.2. The Labute approximate surface area is 465 Å². The van der Waals surface area contributed by atoms with Gasteiger partial charge in [0, 0.05) is 69.5 Å². The Morgan fingerprint density at radius 3 is 1.32 bits per heavy atom. The maximum Gasteiger partial charge on any atom is 0.239 e. The van der Waals surface area contributed by atoms with Gasteiger partial charge in [0.2, 0.25) is 29.2 Å². The molecule has 7 aromatic heterocycles. The molecule has 13 nitrogen and oxygen atoms in total. The van der Waals surface area contributed by atoms with Gasteiger partial charge in [-0.3, -0.25) is 14.1 Å². The van der Waals surface area contributed by atoms with Gasteiger partial charge < -0.3 is 0 Å². The van der Waals surface area contributed by atoms with E-state index in [2.05, 4.69) is 106 Å². The Morgan fingerprint density at radius 2 is 0.741 bits per heavy atom. The summed E-state index contributed by atoms with van der Waals surface area (Å²) in [7, 11) is 0. The van der Waals surface area contributed by atoms with Gasteiger partial charge in [0.15, 0.2) is 29.1 Å². The van der Waals surface area contributed by atoms with E-state index in [1.54, 1.807) is 11.3 Å². The topological polar surface area (TPSA) is 152 Å². The molecular weight excluding hydrogens is 1020 g/mol. The molecule has 0 amide bonds. The van der Waals surface area contributed by atoms with Crippen LogP contribution in [0.3, 0.4) is 0 Å². The molecule has 378 valence electrons. The third-order valence-electron chi connectivity index (χ3n) is 14.6. The lowest BCUT2D eigenvalue weighted by molar-refractivity contribution is 0.919. The molecule has 0 atom stereocenters. The Kier molecular flexibility index (Phi) is 10.7. The molecule has 7 heterocycles. The second kappa shape index (κ2) is 18.8. The standard InChI is InChI=1S/C67H39N13S/c1-5-20-40(21-6-1)59-70-60(41-22-7-2-8-23-41)73-63(72-59)65-76-66(64-74-61(42-24-9-3-10-25-42)71-62(75-64)43-26-11-4-12-27-43)78-67(77-65)79-51-33-17-14-29-47(51)57-52(79)37-36-45-44-28-13-16-32-50(44)80(58(45)57)55-39-68-38-49(69-55)46-31-19-35-54-56(46)48-30-15-18-34-53(48)81-54/h1-39H. The third-order valence-corrected chi connectivity index (χ3v) is 15.8. The fourth-order valence-corrected chi connectivity index (χ4v) is 12.2. The van der Waals surface area contributed by atoms with Gasteiger partial charge in [0.05, 0.1) is 40.2 Å². The molecule has 16 aromatic rings. The van der Waals surface area contributed by atoms with Gasteiger partial charge in [-0.2, -0.15) is 9.97 Å². The van der Waals surface area contributed by atoms with Crippen molar-refractivity contribution in [1.82, 2.24) is 64.0 Å². The highest BCUT2D eigenvalue weighted by atomic mass is 32.1. The van der Waals surface area contributed by atoms with Crippen LogP contribution in [0, 0.1) is 0 Å². The minimum Gasteiger partial charge on any atom is -0.292 e. The van der Waals surface area contributed by atoms with E-state index in [1.807, 2.05) is 140 Å². The van der Waals surface area contributed by atoms with Crippen molar-refractivity contribution in [3.63, 3.8) is 0 Å². The smallest absolute Gasteiger partial charge is 0.239 e. The average molecular weight is 1060 g/mol. The van der Waals surface area contributed by atoms with Gasteiger partial charge >= 0.3 is 0 Å². The molecule has 0 bridgehead atoms. The Balaban J connectivity index is 0.972. The quantitative estimate of drug-likeness (QED) is 0.136. The maximum atomic E-state index is 5.51. The summed E-state index contributed by atoms with van der Waals surface area (Å²) in [4.78, 5) is 56.9. The van der Waals surface area contributed by atoms with Gasteiger partial charge in [-0.1, -0.05) is 194 Å². The largest absolute Gasteiger partial charge is 0.292 e. The Morgan fingerprint density at radius 1 is 0.284 bits per heavy atom. The molecule has 0 unspecified atom stereocenters. The first-order chi connectivity index (χ1) is 40.1. The van der Waals surface area contributed by atoms with E-state index in [-0.39, 0.29) is 23.3 Å². The molecule has 0 radical (unpaired) electrons. The first kappa shape index (κ1) is 46.0. The van der Waals surface area contributed by atoms with Gasteiger partial charge in [0.1, 0.15) is 0 Å². The van der Waals surface area contributed by atoms with Gasteiger partial charge in [-0.05, 0) is 30.3 Å². The molecule has 0 fully saturated rings. The van der Waals surface area contributed by atoms with Crippen molar-refractivity contribution < 1.29 is 0 Å². The summed E-state index contributed by atoms with van der Waals surface area (Å²) in [6.45, 7) is 0. The van der Waals surface area contributed by atoms with Crippen LogP contribution < -0.4 is 0 Å². The minimum absolute atomic E-state index is 0.191. The molecule has 0 saturated carbocycles. The Bertz CT molecular complexity index is 4860. The summed E-state index contributed by atoms with van der Waals surface area (Å²) in [5.74, 6) is 3.67. The number of nitrogens with zero attached hydrogens (tertiary/aromatic N) is 13. The van der Waals surface area contributed by atoms with Crippen molar-refractivity contribution in [2.45, 2.75) is 0 Å². The minimum atomic E-state index is 0.191. The number of para-hydroxylation sites is 2. The SMILES string of the molecule is c1ccc(-c2nc(-c3ccccc3)nc(-c3nc(-c4nc(-c5ccccc5)nc(-c5ccccc5)n4)nc(-n4c5ccccc5c5c4ccc4c6ccccc6n(-c6cncc(-c7cccc8sc9ccccc9c78)n6)c45)n3)n2)cc1. The molecule has 0 aliphatic carbocycles. The molecule has 9 aromatic carbocycles. The molecule has 0 spiro atoms. The second-order valence-electron chi connectivity index (χ2n) is 19.5. The molecule has 0 N–H and O–H groups in total. The molecule has 16 rings (SSSR count). The summed E-state index contributed by atoms with van der Waals surface area (Å²) in [6, 6.07) is 75.5. The molecule has 0 aliphatic rings. The van der Waals surface area contributed by atoms with Crippen molar-refractivity contribution in [3.8, 4) is 91.9 Å². The zero-order valence-electron chi connectivity index (χ0n) is 42.7. The fourth-order valence-electron chi connectivity index (χ4n) is 11.0. The Hall–Kier alpha value is -11.1. The van der Waals surface area contributed by atoms with Crippen LogP contribution in [0.25, 0.3) is 156 Å². The van der Waals surface area contributed by atoms with Crippen molar-refractivity contribution in [1.29, 1.82) is 0 Å². The maximum absolute atomic E-state index is 5.51. The molecule has 0 saturated heterocycles. The van der Waals surface area contributed by atoms with E-state index in [1.165, 1.54) is 20.2 Å². The predicted molar refractivity (Wildman–Crippen MR) is 322 cm³/mol. The van der Waals surface area contributed by atoms with Crippen LogP contribution >= 0.6 is 11.3 Å². The number of thiophene rings is 1. The summed E-state index contributed by atoms with van der Waals surface area (Å²) in [5, 5.41) is 6.43. The van der Waals surface area contributed by atoms with E-state index in [0.29, 0.717) is 35.1 Å². The van der Waals surface area contributed by atoms with E-state index in [9.17, 15) is 0 Å². The molecular formula is C67H39N13S. The van der Waals surface area contributed by atoms with E-state index >= 15 is 0 Å². The highest BCUT2D eigenvalue weighted by Gasteiger charge is 2.26. The summed E-state index contributed by atoms with van der Waals surface area (Å²) in [6.07, 6.45) is 3.72. The van der Waals surface area contributed by atoms with Gasteiger partial charge in [0.25, 0.3) is 0 Å². The molecule has 14 heteroatoms. The normalized spacial score (nSPS) is 11.7. The van der Waals surface area contributed by atoms with E-state index < -0.39 is 0 Å². The van der Waals surface area contributed by atoms with Crippen LogP contribution in [0.2, 0.25) is 0 Å². The van der Waals surface area contributed by atoms with Crippen molar-refractivity contribution in [2.75, 3.05) is 0 Å². The highest BCUT2D eigenvalue weighted by Crippen LogP contribution is 2.43. The van der Waals surface area contributed by atoms with Crippen molar-refractivity contribution >= 4 is 75.1 Å². The molecule has 81 heavy (non-hydrogen) atoms. The van der Waals surface area contributed by atoms with Crippen LogP contribution in [0.4, 0.5) is 0 Å². The summed E-state index contributed by atoms with van der Waals surface area (Å²) in [5.41, 5.74) is 8.66. The average Bonchev–Trinajstić information content (AvgIpc) is 3.44. The van der Waals surface area contributed by atoms with Crippen LogP contribution in [0.15, 0.2) is 237 Å². The van der Waals surface area contributed by atoms with Crippen LogP contribution in [0.1, 0.15) is 0 Å². The lowest BCUT2D eigenvalue weighted by Gasteiger charge is -2.12. The van der Waals surface area contributed by atoms with Gasteiger partial charge in [-0.25, -0.2) is 39.9 Å². The first-order valence-electron chi connectivity index (χ1n) is 26.3. The lowest BCUT2D eigenvalue weighted by atomic mass is 10.0. The van der Waals surface area contributed by atoms with Crippen LogP contribution in [-0.4, -0.2) is 64.0 Å².